The Morgan fingerprint density at radius 1 is 0.976 bits per heavy atom. The highest BCUT2D eigenvalue weighted by Crippen LogP contribution is 2.33. The highest BCUT2D eigenvalue weighted by molar-refractivity contribution is 5.89. The van der Waals surface area contributed by atoms with Crippen molar-refractivity contribution in [2.45, 2.75) is 79.4 Å². The summed E-state index contributed by atoms with van der Waals surface area (Å²) in [5, 5.41) is 3.85. The topological polar surface area (TPSA) is 56.2 Å². The Kier molecular flexibility index (Phi) is 10.5. The zero-order valence-corrected chi connectivity index (χ0v) is 25.5. The summed E-state index contributed by atoms with van der Waals surface area (Å²) >= 11 is 0. The SMILES string of the molecule is CCCCn1c(-c2ccccc2C)nc(-c2ccc(C)cc2)c1CC(CC(C)C)NCc1ccc(C(=O)OC)cc1. The number of hydrogen-bond acceptors (Lipinski definition) is 4. The number of benzene rings is 3. The van der Waals surface area contributed by atoms with Crippen LogP contribution in [0.1, 0.15) is 72.8 Å². The average Bonchev–Trinajstić information content (AvgIpc) is 3.32. The van der Waals surface area contributed by atoms with E-state index in [4.69, 9.17) is 9.72 Å². The van der Waals surface area contributed by atoms with Crippen LogP contribution in [0.5, 0.6) is 0 Å². The molecule has 1 heterocycles. The number of esters is 1. The number of aromatic nitrogens is 2. The van der Waals surface area contributed by atoms with Crippen molar-refractivity contribution in [3.05, 3.63) is 101 Å². The lowest BCUT2D eigenvalue weighted by atomic mass is 9.97. The van der Waals surface area contributed by atoms with Gasteiger partial charge in [-0.25, -0.2) is 9.78 Å². The van der Waals surface area contributed by atoms with E-state index in [1.54, 1.807) is 0 Å². The van der Waals surface area contributed by atoms with Crippen molar-refractivity contribution in [1.29, 1.82) is 0 Å². The van der Waals surface area contributed by atoms with Crippen LogP contribution in [0, 0.1) is 19.8 Å². The molecule has 1 aromatic heterocycles. The molecule has 0 aliphatic heterocycles. The summed E-state index contributed by atoms with van der Waals surface area (Å²) in [5.74, 6) is 1.29. The van der Waals surface area contributed by atoms with E-state index in [0.29, 0.717) is 11.5 Å². The van der Waals surface area contributed by atoms with Crippen LogP contribution in [0.4, 0.5) is 0 Å². The molecule has 0 bridgehead atoms. The van der Waals surface area contributed by atoms with Gasteiger partial charge in [-0.2, -0.15) is 0 Å². The van der Waals surface area contributed by atoms with Gasteiger partial charge in [-0.1, -0.05) is 93.4 Å². The lowest BCUT2D eigenvalue weighted by Gasteiger charge is -2.23. The number of ether oxygens (including phenoxy) is 1. The fourth-order valence-electron chi connectivity index (χ4n) is 5.40. The van der Waals surface area contributed by atoms with Gasteiger partial charge in [-0.15, -0.1) is 0 Å². The molecule has 3 aromatic carbocycles. The minimum absolute atomic E-state index is 0.265. The number of nitrogens with one attached hydrogen (secondary N) is 1. The first-order valence-electron chi connectivity index (χ1n) is 14.9. The van der Waals surface area contributed by atoms with Crippen LogP contribution >= 0.6 is 0 Å². The number of rotatable bonds is 13. The van der Waals surface area contributed by atoms with E-state index in [2.05, 4.69) is 93.0 Å². The molecule has 1 atom stereocenters. The zero-order chi connectivity index (χ0) is 29.4. The summed E-state index contributed by atoms with van der Waals surface area (Å²) in [6, 6.07) is 25.3. The van der Waals surface area contributed by atoms with Gasteiger partial charge in [0.1, 0.15) is 5.82 Å². The maximum absolute atomic E-state index is 11.9. The molecule has 5 nitrogen and oxygen atoms in total. The van der Waals surface area contributed by atoms with E-state index in [1.807, 2.05) is 24.3 Å². The minimum Gasteiger partial charge on any atom is -0.465 e. The molecule has 1 unspecified atom stereocenters. The van der Waals surface area contributed by atoms with E-state index in [1.165, 1.54) is 29.5 Å². The average molecular weight is 552 g/mol. The summed E-state index contributed by atoms with van der Waals surface area (Å²) in [6.07, 6.45) is 4.15. The normalized spacial score (nSPS) is 12.1. The van der Waals surface area contributed by atoms with Crippen molar-refractivity contribution in [1.82, 2.24) is 14.9 Å². The maximum Gasteiger partial charge on any atom is 0.337 e. The number of hydrogen-bond donors (Lipinski definition) is 1. The standard InChI is InChI=1S/C36H45N3O2/c1-7-8-21-39-33(23-31(22-25(2)3)37-24-28-15-19-30(20-16-28)36(40)41-6)34(29-17-13-26(4)14-18-29)38-35(39)32-12-10-9-11-27(32)5/h9-20,25,31,37H,7-8,21-24H2,1-6H3. The minimum atomic E-state index is -0.310. The second-order valence-corrected chi connectivity index (χ2v) is 11.5. The Morgan fingerprint density at radius 3 is 2.32 bits per heavy atom. The third-order valence-corrected chi connectivity index (χ3v) is 7.68. The van der Waals surface area contributed by atoms with Gasteiger partial charge in [0.15, 0.2) is 0 Å². The predicted octanol–water partition coefficient (Wildman–Crippen LogP) is 8.17. The molecule has 0 aliphatic rings. The predicted molar refractivity (Wildman–Crippen MR) is 169 cm³/mol. The van der Waals surface area contributed by atoms with Gasteiger partial charge < -0.3 is 14.6 Å². The van der Waals surface area contributed by atoms with Crippen LogP contribution in [-0.2, 0) is 24.2 Å². The number of nitrogens with zero attached hydrogens (tertiary/aromatic N) is 2. The highest BCUT2D eigenvalue weighted by atomic mass is 16.5. The van der Waals surface area contributed by atoms with Gasteiger partial charge in [0.05, 0.1) is 18.4 Å². The molecule has 0 saturated carbocycles. The van der Waals surface area contributed by atoms with E-state index in [0.717, 1.165) is 61.4 Å². The summed E-state index contributed by atoms with van der Waals surface area (Å²) in [7, 11) is 1.41. The number of unbranched alkanes of at least 4 members (excludes halogenated alkanes) is 1. The maximum atomic E-state index is 11.9. The van der Waals surface area contributed by atoms with Crippen molar-refractivity contribution in [2.75, 3.05) is 7.11 Å². The van der Waals surface area contributed by atoms with Gasteiger partial charge >= 0.3 is 5.97 Å². The smallest absolute Gasteiger partial charge is 0.337 e. The molecule has 0 saturated heterocycles. The van der Waals surface area contributed by atoms with E-state index in [9.17, 15) is 4.79 Å². The van der Waals surface area contributed by atoms with Crippen molar-refractivity contribution in [3.8, 4) is 22.6 Å². The quantitative estimate of drug-likeness (QED) is 0.170. The Morgan fingerprint density at radius 2 is 1.68 bits per heavy atom. The van der Waals surface area contributed by atoms with Gasteiger partial charge in [-0.05, 0) is 55.9 Å². The first-order valence-corrected chi connectivity index (χ1v) is 14.9. The molecule has 0 radical (unpaired) electrons. The molecule has 4 aromatic rings. The summed E-state index contributed by atoms with van der Waals surface area (Å²) in [4.78, 5) is 17.2. The van der Waals surface area contributed by atoms with Crippen LogP contribution in [-0.4, -0.2) is 28.7 Å². The molecule has 1 N–H and O–H groups in total. The number of aryl methyl sites for hydroxylation is 2. The molecule has 216 valence electrons. The molecule has 4 rings (SSSR count). The largest absolute Gasteiger partial charge is 0.465 e. The van der Waals surface area contributed by atoms with Crippen molar-refractivity contribution in [2.24, 2.45) is 5.92 Å². The number of methoxy groups -OCH3 is 1. The molecule has 5 heteroatoms. The third kappa shape index (κ3) is 7.74. The van der Waals surface area contributed by atoms with Gasteiger partial charge in [-0.3, -0.25) is 0 Å². The van der Waals surface area contributed by atoms with Crippen molar-refractivity contribution in [3.63, 3.8) is 0 Å². The fourth-order valence-corrected chi connectivity index (χ4v) is 5.40. The third-order valence-electron chi connectivity index (χ3n) is 7.68. The van der Waals surface area contributed by atoms with Gasteiger partial charge in [0.25, 0.3) is 0 Å². The molecule has 0 amide bonds. The van der Waals surface area contributed by atoms with Crippen LogP contribution in [0.25, 0.3) is 22.6 Å². The van der Waals surface area contributed by atoms with E-state index < -0.39 is 0 Å². The molecule has 0 aliphatic carbocycles. The number of carbonyl (C=O) groups excluding carboxylic acids is 1. The lowest BCUT2D eigenvalue weighted by molar-refractivity contribution is 0.0600. The number of imidazole rings is 1. The lowest BCUT2D eigenvalue weighted by Crippen LogP contribution is -2.33. The number of carbonyl (C=O) groups is 1. The Bertz CT molecular complexity index is 1420. The first kappa shape index (κ1) is 30.3. The highest BCUT2D eigenvalue weighted by Gasteiger charge is 2.24. The first-order chi connectivity index (χ1) is 19.8. The van der Waals surface area contributed by atoms with Crippen LogP contribution in [0.15, 0.2) is 72.8 Å². The Balaban J connectivity index is 1.73. The Labute approximate surface area is 246 Å². The molecular weight excluding hydrogens is 506 g/mol. The van der Waals surface area contributed by atoms with E-state index in [-0.39, 0.29) is 12.0 Å². The fraction of sp³-hybridized carbons (Fsp3) is 0.389. The summed E-state index contributed by atoms with van der Waals surface area (Å²) in [6.45, 7) is 12.8. The van der Waals surface area contributed by atoms with Crippen LogP contribution < -0.4 is 5.32 Å². The van der Waals surface area contributed by atoms with E-state index >= 15 is 0 Å². The van der Waals surface area contributed by atoms with Gasteiger partial charge in [0.2, 0.25) is 0 Å². The van der Waals surface area contributed by atoms with Crippen molar-refractivity contribution >= 4 is 5.97 Å². The van der Waals surface area contributed by atoms with Crippen LogP contribution in [0.2, 0.25) is 0 Å². The monoisotopic (exact) mass is 551 g/mol. The Hall–Kier alpha value is -3.70. The molecular formula is C36H45N3O2. The van der Waals surface area contributed by atoms with Crippen LogP contribution in [0.3, 0.4) is 0 Å². The second kappa shape index (κ2) is 14.3. The van der Waals surface area contributed by atoms with Gasteiger partial charge in [0, 0.05) is 42.4 Å². The molecule has 0 fully saturated rings. The molecule has 0 spiro atoms. The second-order valence-electron chi connectivity index (χ2n) is 11.5. The molecule has 41 heavy (non-hydrogen) atoms. The summed E-state index contributed by atoms with van der Waals surface area (Å²) < 4.78 is 7.34. The zero-order valence-electron chi connectivity index (χ0n) is 25.5. The summed E-state index contributed by atoms with van der Waals surface area (Å²) in [5.41, 5.74) is 8.94. The van der Waals surface area contributed by atoms with Crippen molar-refractivity contribution < 1.29 is 9.53 Å².